The van der Waals surface area contributed by atoms with Gasteiger partial charge in [0, 0.05) is 18.3 Å². The summed E-state index contributed by atoms with van der Waals surface area (Å²) >= 11 is 1.87. The van der Waals surface area contributed by atoms with Gasteiger partial charge in [0.05, 0.1) is 0 Å². The minimum absolute atomic E-state index is 0.370. The molecule has 1 atom stereocenters. The fraction of sp³-hybridized carbons (Fsp3) is 0.917. The smallest absolute Gasteiger partial charge is 0.156 e. The standard InChI is InChI=1S/C12H24N2S/c1-6-10(9(2)3)14-11-13-7-12(4,5)8-15-11/h9-10H,6-8H2,1-5H3,(H,13,14). The number of hydrogen-bond donors (Lipinski definition) is 1. The lowest BCUT2D eigenvalue weighted by atomic mass is 9.97. The average molecular weight is 228 g/mol. The van der Waals surface area contributed by atoms with Crippen LogP contribution in [0.5, 0.6) is 0 Å². The molecule has 0 bridgehead atoms. The van der Waals surface area contributed by atoms with Crippen LogP contribution in [-0.2, 0) is 0 Å². The van der Waals surface area contributed by atoms with E-state index in [2.05, 4.69) is 44.9 Å². The van der Waals surface area contributed by atoms with E-state index in [0.29, 0.717) is 17.4 Å². The Bertz CT molecular complexity index is 234. The Balaban J connectivity index is 2.49. The van der Waals surface area contributed by atoms with Crippen molar-refractivity contribution in [3.63, 3.8) is 0 Å². The van der Waals surface area contributed by atoms with Crippen molar-refractivity contribution >= 4 is 16.9 Å². The number of hydrogen-bond acceptors (Lipinski definition) is 3. The molecule has 0 saturated carbocycles. The molecule has 1 aliphatic rings. The summed E-state index contributed by atoms with van der Waals surface area (Å²) in [6.45, 7) is 12.3. The molecule has 1 rings (SSSR count). The predicted octanol–water partition coefficient (Wildman–Crippen LogP) is 3.14. The Kier molecular flexibility index (Phi) is 4.50. The van der Waals surface area contributed by atoms with Gasteiger partial charge >= 0.3 is 0 Å². The first-order valence-electron chi connectivity index (χ1n) is 5.88. The molecule has 3 heteroatoms. The van der Waals surface area contributed by atoms with Gasteiger partial charge in [0.15, 0.2) is 5.17 Å². The third-order valence-electron chi connectivity index (χ3n) is 2.80. The zero-order valence-corrected chi connectivity index (χ0v) is 11.4. The van der Waals surface area contributed by atoms with E-state index in [4.69, 9.17) is 0 Å². The van der Waals surface area contributed by atoms with Crippen molar-refractivity contribution in [3.8, 4) is 0 Å². The molecule has 1 N–H and O–H groups in total. The second-order valence-corrected chi connectivity index (χ2v) is 6.44. The Hall–Kier alpha value is -0.180. The molecule has 1 unspecified atom stereocenters. The predicted molar refractivity (Wildman–Crippen MR) is 70.6 cm³/mol. The highest BCUT2D eigenvalue weighted by Crippen LogP contribution is 2.27. The van der Waals surface area contributed by atoms with Crippen molar-refractivity contribution in [2.45, 2.75) is 47.1 Å². The molecule has 1 aliphatic heterocycles. The largest absolute Gasteiger partial charge is 0.362 e. The van der Waals surface area contributed by atoms with E-state index < -0.39 is 0 Å². The summed E-state index contributed by atoms with van der Waals surface area (Å²) in [5.74, 6) is 1.85. The van der Waals surface area contributed by atoms with Crippen LogP contribution in [-0.4, -0.2) is 23.5 Å². The fourth-order valence-corrected chi connectivity index (χ4v) is 2.64. The van der Waals surface area contributed by atoms with Gasteiger partial charge in [-0.15, -0.1) is 0 Å². The maximum absolute atomic E-state index is 4.62. The van der Waals surface area contributed by atoms with Crippen LogP contribution in [0.2, 0.25) is 0 Å². The third-order valence-corrected chi connectivity index (χ3v) is 4.25. The van der Waals surface area contributed by atoms with Gasteiger partial charge in [-0.3, -0.25) is 4.99 Å². The molecular formula is C12H24N2S. The van der Waals surface area contributed by atoms with E-state index in [0.717, 1.165) is 11.7 Å². The molecule has 0 saturated heterocycles. The molecule has 88 valence electrons. The van der Waals surface area contributed by atoms with Gasteiger partial charge in [-0.25, -0.2) is 0 Å². The molecule has 0 aliphatic carbocycles. The highest BCUT2D eigenvalue weighted by Gasteiger charge is 2.24. The molecule has 1 heterocycles. The van der Waals surface area contributed by atoms with Crippen molar-refractivity contribution < 1.29 is 0 Å². The number of amidine groups is 1. The van der Waals surface area contributed by atoms with E-state index in [1.807, 2.05) is 11.8 Å². The quantitative estimate of drug-likeness (QED) is 0.802. The number of thioether (sulfide) groups is 1. The van der Waals surface area contributed by atoms with Gasteiger partial charge in [0.1, 0.15) is 0 Å². The summed E-state index contributed by atoms with van der Waals surface area (Å²) in [4.78, 5) is 4.62. The van der Waals surface area contributed by atoms with E-state index in [1.165, 1.54) is 12.2 Å². The summed E-state index contributed by atoms with van der Waals surface area (Å²) in [7, 11) is 0. The minimum Gasteiger partial charge on any atom is -0.362 e. The van der Waals surface area contributed by atoms with Gasteiger partial charge in [-0.05, 0) is 17.8 Å². The normalized spacial score (nSPS) is 22.4. The summed E-state index contributed by atoms with van der Waals surface area (Å²) in [5, 5.41) is 4.70. The molecule has 0 aromatic heterocycles. The Morgan fingerprint density at radius 1 is 1.47 bits per heavy atom. The second kappa shape index (κ2) is 5.24. The van der Waals surface area contributed by atoms with Crippen LogP contribution >= 0.6 is 11.8 Å². The van der Waals surface area contributed by atoms with Gasteiger partial charge in [0.2, 0.25) is 0 Å². The second-order valence-electron chi connectivity index (χ2n) is 5.48. The van der Waals surface area contributed by atoms with Crippen LogP contribution < -0.4 is 5.32 Å². The first-order chi connectivity index (χ1) is 6.94. The summed E-state index contributed by atoms with van der Waals surface area (Å²) in [6.07, 6.45) is 1.17. The van der Waals surface area contributed by atoms with E-state index in [1.54, 1.807) is 0 Å². The van der Waals surface area contributed by atoms with Crippen molar-refractivity contribution in [1.29, 1.82) is 0 Å². The molecule has 0 radical (unpaired) electrons. The van der Waals surface area contributed by atoms with Crippen molar-refractivity contribution in [3.05, 3.63) is 0 Å². The molecule has 0 aromatic rings. The molecule has 0 aromatic carbocycles. The molecule has 15 heavy (non-hydrogen) atoms. The summed E-state index contributed by atoms with van der Waals surface area (Å²) < 4.78 is 0. The average Bonchev–Trinajstić information content (AvgIpc) is 2.15. The minimum atomic E-state index is 0.370. The Labute approximate surface area is 98.3 Å². The van der Waals surface area contributed by atoms with Gasteiger partial charge < -0.3 is 5.32 Å². The topological polar surface area (TPSA) is 24.4 Å². The van der Waals surface area contributed by atoms with Crippen molar-refractivity contribution in [1.82, 2.24) is 5.32 Å². The molecule has 0 fully saturated rings. The highest BCUT2D eigenvalue weighted by atomic mass is 32.2. The Morgan fingerprint density at radius 2 is 2.13 bits per heavy atom. The fourth-order valence-electron chi connectivity index (χ4n) is 1.63. The van der Waals surface area contributed by atoms with Crippen LogP contribution in [0.25, 0.3) is 0 Å². The van der Waals surface area contributed by atoms with E-state index in [9.17, 15) is 0 Å². The molecule has 0 spiro atoms. The number of rotatable bonds is 3. The zero-order valence-electron chi connectivity index (χ0n) is 10.6. The first-order valence-corrected chi connectivity index (χ1v) is 6.87. The zero-order chi connectivity index (χ0) is 11.5. The van der Waals surface area contributed by atoms with E-state index >= 15 is 0 Å². The van der Waals surface area contributed by atoms with E-state index in [-0.39, 0.29) is 0 Å². The van der Waals surface area contributed by atoms with Crippen LogP contribution in [0.1, 0.15) is 41.0 Å². The molecule has 2 nitrogen and oxygen atoms in total. The first kappa shape index (κ1) is 12.9. The molecular weight excluding hydrogens is 204 g/mol. The van der Waals surface area contributed by atoms with Crippen LogP contribution in [0.3, 0.4) is 0 Å². The van der Waals surface area contributed by atoms with Crippen molar-refractivity contribution in [2.75, 3.05) is 12.3 Å². The van der Waals surface area contributed by atoms with Gasteiger partial charge in [-0.1, -0.05) is 46.4 Å². The lowest BCUT2D eigenvalue weighted by Gasteiger charge is -2.30. The Morgan fingerprint density at radius 3 is 2.53 bits per heavy atom. The lowest BCUT2D eigenvalue weighted by Crippen LogP contribution is -2.39. The SMILES string of the molecule is CCC(NC1=NCC(C)(C)CS1)C(C)C. The van der Waals surface area contributed by atoms with Crippen LogP contribution in [0.15, 0.2) is 4.99 Å². The monoisotopic (exact) mass is 228 g/mol. The summed E-state index contributed by atoms with van der Waals surface area (Å²) in [6, 6.07) is 0.567. The summed E-state index contributed by atoms with van der Waals surface area (Å²) in [5.41, 5.74) is 0.370. The maximum atomic E-state index is 4.62. The third kappa shape index (κ3) is 4.06. The lowest BCUT2D eigenvalue weighted by molar-refractivity contribution is 0.425. The van der Waals surface area contributed by atoms with Crippen molar-refractivity contribution in [2.24, 2.45) is 16.3 Å². The highest BCUT2D eigenvalue weighted by molar-refractivity contribution is 8.13. The number of nitrogens with one attached hydrogen (secondary N) is 1. The maximum Gasteiger partial charge on any atom is 0.156 e. The van der Waals surface area contributed by atoms with Crippen LogP contribution in [0, 0.1) is 11.3 Å². The molecule has 0 amide bonds. The van der Waals surface area contributed by atoms with Gasteiger partial charge in [0.25, 0.3) is 0 Å². The number of aliphatic imine (C=N–C) groups is 1. The number of nitrogens with zero attached hydrogens (tertiary/aromatic N) is 1. The van der Waals surface area contributed by atoms with Gasteiger partial charge in [-0.2, -0.15) is 0 Å². The van der Waals surface area contributed by atoms with Crippen LogP contribution in [0.4, 0.5) is 0 Å².